The summed E-state index contributed by atoms with van der Waals surface area (Å²) in [6.07, 6.45) is 2.72. The Morgan fingerprint density at radius 2 is 2.20 bits per heavy atom. The zero-order valence-electron chi connectivity index (χ0n) is 7.63. The van der Waals surface area contributed by atoms with Crippen molar-refractivity contribution in [1.82, 2.24) is 0 Å². The van der Waals surface area contributed by atoms with Crippen molar-refractivity contribution in [1.29, 1.82) is 0 Å². The highest BCUT2D eigenvalue weighted by molar-refractivity contribution is 9.10. The van der Waals surface area contributed by atoms with Gasteiger partial charge in [0.15, 0.2) is 0 Å². The van der Waals surface area contributed by atoms with Crippen molar-refractivity contribution >= 4 is 22.0 Å². The van der Waals surface area contributed by atoms with E-state index < -0.39 is 11.4 Å². The van der Waals surface area contributed by atoms with Gasteiger partial charge in [-0.15, -0.1) is 0 Å². The molecule has 1 aliphatic carbocycles. The van der Waals surface area contributed by atoms with Gasteiger partial charge in [-0.25, -0.2) is 9.18 Å². The molecule has 1 aliphatic rings. The van der Waals surface area contributed by atoms with E-state index in [4.69, 9.17) is 0 Å². The van der Waals surface area contributed by atoms with E-state index in [1.54, 1.807) is 0 Å². The third kappa shape index (κ3) is 1.68. The Balaban J connectivity index is 2.57. The van der Waals surface area contributed by atoms with Gasteiger partial charge >= 0.3 is 0 Å². The lowest BCUT2D eigenvalue weighted by Crippen LogP contribution is -2.03. The number of rotatable bonds is 2. The molecular weight excluding hydrogens is 265 g/mol. The SMILES string of the molecule is O=C=NC1(c2cc(F)cc(Br)c2O)CC1. The van der Waals surface area contributed by atoms with Crippen molar-refractivity contribution in [2.75, 3.05) is 0 Å². The van der Waals surface area contributed by atoms with E-state index in [-0.39, 0.29) is 10.2 Å². The van der Waals surface area contributed by atoms with Crippen molar-refractivity contribution in [2.24, 2.45) is 4.99 Å². The Kier molecular flexibility index (Phi) is 2.37. The molecule has 78 valence electrons. The minimum Gasteiger partial charge on any atom is -0.506 e. The van der Waals surface area contributed by atoms with Crippen LogP contribution < -0.4 is 0 Å². The van der Waals surface area contributed by atoms with Crippen LogP contribution in [-0.4, -0.2) is 11.2 Å². The van der Waals surface area contributed by atoms with Crippen LogP contribution in [0.3, 0.4) is 0 Å². The highest BCUT2D eigenvalue weighted by Crippen LogP contribution is 2.53. The molecule has 1 N–H and O–H groups in total. The summed E-state index contributed by atoms with van der Waals surface area (Å²) >= 11 is 3.04. The maximum Gasteiger partial charge on any atom is 0.235 e. The first-order chi connectivity index (χ1) is 7.09. The summed E-state index contributed by atoms with van der Waals surface area (Å²) in [6, 6.07) is 2.37. The molecule has 0 atom stereocenters. The van der Waals surface area contributed by atoms with Crippen LogP contribution in [0.4, 0.5) is 4.39 Å². The Bertz CT molecular complexity index is 465. The Morgan fingerprint density at radius 3 is 2.73 bits per heavy atom. The molecule has 0 unspecified atom stereocenters. The molecule has 0 bridgehead atoms. The third-order valence-electron chi connectivity index (χ3n) is 2.51. The molecule has 3 nitrogen and oxygen atoms in total. The number of aromatic hydroxyl groups is 1. The van der Waals surface area contributed by atoms with Crippen molar-refractivity contribution in [3.8, 4) is 5.75 Å². The van der Waals surface area contributed by atoms with E-state index in [2.05, 4.69) is 20.9 Å². The van der Waals surface area contributed by atoms with Crippen molar-refractivity contribution in [2.45, 2.75) is 18.4 Å². The number of aliphatic imine (C=N–C) groups is 1. The number of benzene rings is 1. The van der Waals surface area contributed by atoms with Crippen molar-refractivity contribution in [3.05, 3.63) is 28.0 Å². The van der Waals surface area contributed by atoms with E-state index >= 15 is 0 Å². The van der Waals surface area contributed by atoms with E-state index in [0.717, 1.165) is 0 Å². The van der Waals surface area contributed by atoms with Gasteiger partial charge in [-0.3, -0.25) is 0 Å². The smallest absolute Gasteiger partial charge is 0.235 e. The van der Waals surface area contributed by atoms with Gasteiger partial charge in [0, 0.05) is 5.56 Å². The van der Waals surface area contributed by atoms with Crippen LogP contribution in [0.15, 0.2) is 21.6 Å². The summed E-state index contributed by atoms with van der Waals surface area (Å²) in [5.74, 6) is -0.532. The van der Waals surface area contributed by atoms with Crippen LogP contribution in [0.5, 0.6) is 5.75 Å². The molecule has 0 spiro atoms. The zero-order valence-corrected chi connectivity index (χ0v) is 9.21. The first kappa shape index (κ1) is 10.3. The number of phenolic OH excluding ortho intramolecular Hbond substituents is 1. The second-order valence-corrected chi connectivity index (χ2v) is 4.37. The molecule has 5 heteroatoms. The molecule has 1 aromatic rings. The molecule has 0 radical (unpaired) electrons. The van der Waals surface area contributed by atoms with Crippen LogP contribution in [0.2, 0.25) is 0 Å². The standard InChI is InChI=1S/C10H7BrFNO2/c11-8-4-6(12)3-7(9(8)15)10(1-2-10)13-5-14/h3-4,15H,1-2H2. The lowest BCUT2D eigenvalue weighted by molar-refractivity contribution is 0.452. The Morgan fingerprint density at radius 1 is 1.53 bits per heavy atom. The second kappa shape index (κ2) is 3.43. The van der Waals surface area contributed by atoms with Crippen LogP contribution in [-0.2, 0) is 10.3 Å². The highest BCUT2D eigenvalue weighted by atomic mass is 79.9. The molecule has 2 rings (SSSR count). The lowest BCUT2D eigenvalue weighted by atomic mass is 10.0. The second-order valence-electron chi connectivity index (χ2n) is 3.52. The van der Waals surface area contributed by atoms with E-state index in [0.29, 0.717) is 18.4 Å². The quantitative estimate of drug-likeness (QED) is 0.664. The number of halogens is 2. The molecule has 1 saturated carbocycles. The number of isocyanates is 1. The number of hydrogen-bond acceptors (Lipinski definition) is 3. The van der Waals surface area contributed by atoms with E-state index in [9.17, 15) is 14.3 Å². The fourth-order valence-electron chi connectivity index (χ4n) is 1.57. The van der Waals surface area contributed by atoms with Crippen LogP contribution in [0, 0.1) is 5.82 Å². The van der Waals surface area contributed by atoms with Crippen molar-refractivity contribution in [3.63, 3.8) is 0 Å². The number of phenols is 1. The molecule has 0 heterocycles. The Hall–Kier alpha value is -1.19. The van der Waals surface area contributed by atoms with Gasteiger partial charge in [-0.2, -0.15) is 4.99 Å². The molecule has 0 saturated heterocycles. The average Bonchev–Trinajstić information content (AvgIpc) is 2.93. The molecule has 1 aromatic carbocycles. The van der Waals surface area contributed by atoms with Crippen LogP contribution in [0.25, 0.3) is 0 Å². The molecule has 0 aliphatic heterocycles. The highest BCUT2D eigenvalue weighted by Gasteiger charge is 2.47. The molecule has 0 aromatic heterocycles. The van der Waals surface area contributed by atoms with Crippen LogP contribution >= 0.6 is 15.9 Å². The fraction of sp³-hybridized carbons (Fsp3) is 0.300. The molecule has 15 heavy (non-hydrogen) atoms. The van der Waals surface area contributed by atoms with Crippen LogP contribution in [0.1, 0.15) is 18.4 Å². The lowest BCUT2D eigenvalue weighted by Gasteiger charge is -2.11. The van der Waals surface area contributed by atoms with Crippen molar-refractivity contribution < 1.29 is 14.3 Å². The summed E-state index contributed by atoms with van der Waals surface area (Å²) in [5.41, 5.74) is -0.408. The summed E-state index contributed by atoms with van der Waals surface area (Å²) in [4.78, 5) is 13.9. The maximum atomic E-state index is 13.1. The largest absolute Gasteiger partial charge is 0.506 e. The Labute approximate surface area is 93.8 Å². The van der Waals surface area contributed by atoms with Gasteiger partial charge in [0.2, 0.25) is 6.08 Å². The summed E-state index contributed by atoms with van der Waals surface area (Å²) < 4.78 is 13.4. The predicted octanol–water partition coefficient (Wildman–Crippen LogP) is 2.62. The zero-order chi connectivity index (χ0) is 11.1. The number of carbonyl (C=O) groups excluding carboxylic acids is 1. The summed E-state index contributed by atoms with van der Waals surface area (Å²) in [5, 5.41) is 9.72. The monoisotopic (exact) mass is 271 g/mol. The minimum absolute atomic E-state index is 0.0621. The van der Waals surface area contributed by atoms with Gasteiger partial charge in [0.25, 0.3) is 0 Å². The summed E-state index contributed by atoms with van der Waals surface area (Å²) in [6.45, 7) is 0. The maximum absolute atomic E-state index is 13.1. The van der Waals surface area contributed by atoms with Gasteiger partial charge in [-0.1, -0.05) is 0 Å². The number of nitrogens with zero attached hydrogens (tertiary/aromatic N) is 1. The molecule has 1 fully saturated rings. The normalized spacial score (nSPS) is 16.9. The molecule has 0 amide bonds. The summed E-state index contributed by atoms with van der Waals surface area (Å²) in [7, 11) is 0. The van der Waals surface area contributed by atoms with E-state index in [1.807, 2.05) is 0 Å². The predicted molar refractivity (Wildman–Crippen MR) is 54.8 cm³/mol. The van der Waals surface area contributed by atoms with Gasteiger partial charge < -0.3 is 5.11 Å². The first-order valence-electron chi connectivity index (χ1n) is 4.36. The topological polar surface area (TPSA) is 49.7 Å². The fourth-order valence-corrected chi connectivity index (χ4v) is 2.00. The minimum atomic E-state index is -0.754. The molecular formula is C10H7BrFNO2. The number of hydrogen-bond donors (Lipinski definition) is 1. The van der Waals surface area contributed by atoms with Gasteiger partial charge in [0.1, 0.15) is 17.1 Å². The first-order valence-corrected chi connectivity index (χ1v) is 5.16. The van der Waals surface area contributed by atoms with Gasteiger partial charge in [-0.05, 0) is 40.9 Å². The average molecular weight is 272 g/mol. The van der Waals surface area contributed by atoms with E-state index in [1.165, 1.54) is 18.2 Å². The van der Waals surface area contributed by atoms with Gasteiger partial charge in [0.05, 0.1) is 4.47 Å². The third-order valence-corrected chi connectivity index (χ3v) is 3.12.